The second-order valence-corrected chi connectivity index (χ2v) is 4.41. The number of imide groups is 1. The Hall–Kier alpha value is -2.35. The van der Waals surface area contributed by atoms with Gasteiger partial charge in [0.05, 0.1) is 7.11 Å². The molecular formula is C12H11BrN2O5. The number of ether oxygens (including phenoxy) is 1. The fraction of sp³-hybridized carbons (Fsp3) is 0.0833. The number of hydrogen-bond acceptors (Lipinski definition) is 4. The summed E-state index contributed by atoms with van der Waals surface area (Å²) in [4.78, 5) is 32.9. The number of halogens is 1. The van der Waals surface area contributed by atoms with Crippen molar-refractivity contribution in [1.29, 1.82) is 0 Å². The number of urea groups is 1. The molecule has 3 amide bonds. The zero-order valence-corrected chi connectivity index (χ0v) is 11.9. The minimum atomic E-state index is -1.28. The van der Waals surface area contributed by atoms with Crippen molar-refractivity contribution in [3.05, 3.63) is 34.8 Å². The van der Waals surface area contributed by atoms with E-state index in [4.69, 9.17) is 9.84 Å². The van der Waals surface area contributed by atoms with Crippen molar-refractivity contribution in [2.75, 3.05) is 12.4 Å². The molecule has 0 radical (unpaired) electrons. The Balaban J connectivity index is 2.64. The first-order valence-corrected chi connectivity index (χ1v) is 6.07. The summed E-state index contributed by atoms with van der Waals surface area (Å²) in [6, 6.07) is 4.08. The highest BCUT2D eigenvalue weighted by Crippen LogP contribution is 2.24. The van der Waals surface area contributed by atoms with Crippen LogP contribution in [0.15, 0.2) is 34.8 Å². The van der Waals surface area contributed by atoms with E-state index in [1.807, 2.05) is 5.32 Å². The summed E-state index contributed by atoms with van der Waals surface area (Å²) < 4.78 is 5.70. The third-order valence-corrected chi connectivity index (χ3v) is 2.44. The molecular weight excluding hydrogens is 332 g/mol. The number of methoxy groups -OCH3 is 1. The van der Waals surface area contributed by atoms with Gasteiger partial charge < -0.3 is 15.2 Å². The number of rotatable bonds is 4. The van der Waals surface area contributed by atoms with E-state index in [9.17, 15) is 14.4 Å². The fourth-order valence-electron chi connectivity index (χ4n) is 1.22. The van der Waals surface area contributed by atoms with Crippen LogP contribution in [0.3, 0.4) is 0 Å². The van der Waals surface area contributed by atoms with E-state index >= 15 is 0 Å². The molecule has 0 aromatic heterocycles. The zero-order valence-electron chi connectivity index (χ0n) is 10.3. The van der Waals surface area contributed by atoms with Gasteiger partial charge in [-0.2, -0.15) is 0 Å². The molecule has 0 saturated carbocycles. The Labute approximate surface area is 122 Å². The summed E-state index contributed by atoms with van der Waals surface area (Å²) >= 11 is 3.24. The molecule has 0 heterocycles. The first-order chi connectivity index (χ1) is 9.40. The number of amides is 3. The fourth-order valence-corrected chi connectivity index (χ4v) is 1.69. The quantitative estimate of drug-likeness (QED) is 0.723. The number of carbonyl (C=O) groups excluding carboxylic acids is 2. The van der Waals surface area contributed by atoms with E-state index < -0.39 is 17.9 Å². The van der Waals surface area contributed by atoms with Gasteiger partial charge in [0.15, 0.2) is 0 Å². The summed E-state index contributed by atoms with van der Waals surface area (Å²) in [7, 11) is 1.48. The van der Waals surface area contributed by atoms with Crippen LogP contribution in [0.2, 0.25) is 0 Å². The van der Waals surface area contributed by atoms with Gasteiger partial charge in [0.2, 0.25) is 0 Å². The molecule has 0 bridgehead atoms. The maximum atomic E-state index is 11.5. The molecule has 106 valence electrons. The number of carboxylic acid groups (broad SMARTS) is 1. The maximum absolute atomic E-state index is 11.5. The van der Waals surface area contributed by atoms with Crippen molar-refractivity contribution >= 4 is 39.5 Å². The van der Waals surface area contributed by atoms with Crippen LogP contribution in [0.1, 0.15) is 0 Å². The van der Waals surface area contributed by atoms with Crippen LogP contribution in [-0.2, 0) is 9.59 Å². The molecule has 7 nitrogen and oxygen atoms in total. The summed E-state index contributed by atoms with van der Waals surface area (Å²) in [6.45, 7) is 0. The molecule has 0 atom stereocenters. The lowest BCUT2D eigenvalue weighted by Gasteiger charge is -2.08. The van der Waals surface area contributed by atoms with E-state index in [-0.39, 0.29) is 0 Å². The Kier molecular flexibility index (Phi) is 5.73. The second-order valence-electron chi connectivity index (χ2n) is 3.49. The highest BCUT2D eigenvalue weighted by atomic mass is 79.9. The standard InChI is InChI=1S/C12H11BrN2O5/c1-20-9-5-7(13)4-8(6-9)14-12(19)15-10(16)2-3-11(17)18/h2-6H,1H3,(H,17,18)(H2,14,15,16,19)/b3-2+. The smallest absolute Gasteiger partial charge is 0.328 e. The summed E-state index contributed by atoms with van der Waals surface area (Å²) in [5, 5.41) is 12.7. The molecule has 8 heteroatoms. The van der Waals surface area contributed by atoms with Gasteiger partial charge in [-0.15, -0.1) is 0 Å². The Morgan fingerprint density at radius 1 is 1.25 bits per heavy atom. The van der Waals surface area contributed by atoms with Crippen molar-refractivity contribution in [1.82, 2.24) is 5.32 Å². The van der Waals surface area contributed by atoms with Gasteiger partial charge in [-0.05, 0) is 12.1 Å². The van der Waals surface area contributed by atoms with Crippen molar-refractivity contribution in [3.8, 4) is 5.75 Å². The van der Waals surface area contributed by atoms with Gasteiger partial charge >= 0.3 is 12.0 Å². The first-order valence-electron chi connectivity index (χ1n) is 5.28. The summed E-state index contributed by atoms with van der Waals surface area (Å²) in [6.07, 6.45) is 1.37. The molecule has 3 N–H and O–H groups in total. The van der Waals surface area contributed by atoms with Gasteiger partial charge in [-0.3, -0.25) is 10.1 Å². The molecule has 0 unspecified atom stereocenters. The molecule has 0 aliphatic rings. The molecule has 1 rings (SSSR count). The van der Waals surface area contributed by atoms with Gasteiger partial charge in [-0.25, -0.2) is 9.59 Å². The summed E-state index contributed by atoms with van der Waals surface area (Å²) in [5.74, 6) is -1.60. The normalized spacial score (nSPS) is 10.1. The van der Waals surface area contributed by atoms with Crippen LogP contribution in [0, 0.1) is 0 Å². The Morgan fingerprint density at radius 3 is 2.55 bits per heavy atom. The lowest BCUT2D eigenvalue weighted by atomic mass is 10.3. The lowest BCUT2D eigenvalue weighted by Crippen LogP contribution is -2.33. The molecule has 0 spiro atoms. The molecule has 20 heavy (non-hydrogen) atoms. The second kappa shape index (κ2) is 7.29. The Bertz CT molecular complexity index is 571. The molecule has 1 aromatic rings. The van der Waals surface area contributed by atoms with Crippen molar-refractivity contribution in [2.45, 2.75) is 0 Å². The summed E-state index contributed by atoms with van der Waals surface area (Å²) in [5.41, 5.74) is 0.406. The van der Waals surface area contributed by atoms with E-state index in [1.54, 1.807) is 18.2 Å². The number of nitrogens with one attached hydrogen (secondary N) is 2. The number of anilines is 1. The van der Waals surface area contributed by atoms with E-state index in [0.717, 1.165) is 6.08 Å². The van der Waals surface area contributed by atoms with E-state index in [1.165, 1.54) is 7.11 Å². The predicted octanol–water partition coefficient (Wildman–Crippen LogP) is 1.75. The number of aliphatic carboxylic acids is 1. The third kappa shape index (κ3) is 5.53. The molecule has 0 saturated heterocycles. The van der Waals surface area contributed by atoms with Crippen molar-refractivity contribution in [2.24, 2.45) is 0 Å². The maximum Gasteiger partial charge on any atom is 0.328 e. The number of hydrogen-bond donors (Lipinski definition) is 3. The molecule has 0 aliphatic carbocycles. The molecule has 0 fully saturated rings. The Morgan fingerprint density at radius 2 is 1.95 bits per heavy atom. The van der Waals surface area contributed by atoms with Crippen molar-refractivity contribution in [3.63, 3.8) is 0 Å². The van der Waals surface area contributed by atoms with Gasteiger partial charge in [-0.1, -0.05) is 15.9 Å². The highest BCUT2D eigenvalue weighted by Gasteiger charge is 2.07. The zero-order chi connectivity index (χ0) is 15.1. The highest BCUT2D eigenvalue weighted by molar-refractivity contribution is 9.10. The SMILES string of the molecule is COc1cc(Br)cc(NC(=O)NC(=O)/C=C/C(=O)O)c1. The topological polar surface area (TPSA) is 105 Å². The van der Waals surface area contributed by atoms with Crippen LogP contribution in [-0.4, -0.2) is 30.1 Å². The van der Waals surface area contributed by atoms with Gasteiger partial charge in [0.1, 0.15) is 5.75 Å². The monoisotopic (exact) mass is 342 g/mol. The number of benzene rings is 1. The van der Waals surface area contributed by atoms with E-state index in [0.29, 0.717) is 22.0 Å². The lowest BCUT2D eigenvalue weighted by molar-refractivity contribution is -0.131. The van der Waals surface area contributed by atoms with Crippen LogP contribution < -0.4 is 15.4 Å². The average Bonchev–Trinajstić information content (AvgIpc) is 2.35. The minimum absolute atomic E-state index is 0.406. The largest absolute Gasteiger partial charge is 0.497 e. The van der Waals surface area contributed by atoms with Gasteiger partial charge in [0, 0.05) is 28.4 Å². The minimum Gasteiger partial charge on any atom is -0.497 e. The van der Waals surface area contributed by atoms with E-state index in [2.05, 4.69) is 21.2 Å². The first kappa shape index (κ1) is 15.7. The number of carboxylic acids is 1. The average molecular weight is 343 g/mol. The van der Waals surface area contributed by atoms with Crippen molar-refractivity contribution < 1.29 is 24.2 Å². The van der Waals surface area contributed by atoms with Crippen LogP contribution >= 0.6 is 15.9 Å². The van der Waals surface area contributed by atoms with Gasteiger partial charge in [0.25, 0.3) is 5.91 Å². The van der Waals surface area contributed by atoms with Crippen LogP contribution in [0.5, 0.6) is 5.75 Å². The third-order valence-electron chi connectivity index (χ3n) is 1.98. The molecule has 1 aromatic carbocycles. The number of carbonyl (C=O) groups is 3. The predicted molar refractivity (Wildman–Crippen MR) is 74.6 cm³/mol. The van der Waals surface area contributed by atoms with Crippen LogP contribution in [0.4, 0.5) is 10.5 Å². The van der Waals surface area contributed by atoms with Crippen LogP contribution in [0.25, 0.3) is 0 Å². The molecule has 0 aliphatic heterocycles.